The third kappa shape index (κ3) is 11.2. The van der Waals surface area contributed by atoms with Crippen LogP contribution in [0.15, 0.2) is 194 Å². The van der Waals surface area contributed by atoms with Crippen LogP contribution in [0.5, 0.6) is 0 Å². The van der Waals surface area contributed by atoms with Crippen LogP contribution in [0.2, 0.25) is 0 Å². The van der Waals surface area contributed by atoms with Crippen LogP contribution >= 0.6 is 0 Å². The zero-order valence-corrected chi connectivity index (χ0v) is 41.8. The van der Waals surface area contributed by atoms with Gasteiger partial charge in [0.2, 0.25) is 0 Å². The van der Waals surface area contributed by atoms with E-state index in [-0.39, 0.29) is 35.6 Å². The molecular formula is C61H56Cl2Zr-2. The van der Waals surface area contributed by atoms with E-state index >= 15 is 0 Å². The Morgan fingerprint density at radius 1 is 0.500 bits per heavy atom. The minimum atomic E-state index is 0. The van der Waals surface area contributed by atoms with Crippen molar-refractivity contribution in [2.75, 3.05) is 0 Å². The first kappa shape index (κ1) is 48.4. The average Bonchev–Trinajstić information content (AvgIpc) is 3.98. The van der Waals surface area contributed by atoms with Gasteiger partial charge in [0.25, 0.3) is 0 Å². The third-order valence-corrected chi connectivity index (χ3v) is 12.8. The van der Waals surface area contributed by atoms with Gasteiger partial charge >= 0.3 is 158 Å². The van der Waals surface area contributed by atoms with Gasteiger partial charge in [0.05, 0.1) is 0 Å². The Bertz CT molecular complexity index is 2730. The molecule has 0 saturated heterocycles. The van der Waals surface area contributed by atoms with E-state index in [1.54, 1.807) is 3.21 Å². The summed E-state index contributed by atoms with van der Waals surface area (Å²) >= 11 is 1.53. The summed E-state index contributed by atoms with van der Waals surface area (Å²) in [4.78, 5) is 0. The Balaban J connectivity index is 0.000000193. The molecule has 0 N–H and O–H groups in total. The summed E-state index contributed by atoms with van der Waals surface area (Å²) in [5.74, 6) is 0. The smallest absolute Gasteiger partial charge is 0.172 e. The molecule has 0 spiro atoms. The first-order chi connectivity index (χ1) is 29.9. The minimum absolute atomic E-state index is 0. The van der Waals surface area contributed by atoms with Crippen molar-refractivity contribution in [3.05, 3.63) is 234 Å². The molecule has 320 valence electrons. The van der Waals surface area contributed by atoms with E-state index in [2.05, 4.69) is 211 Å². The summed E-state index contributed by atoms with van der Waals surface area (Å²) in [5.41, 5.74) is 16.4. The molecule has 0 aromatic heterocycles. The Kier molecular flexibility index (Phi) is 16.1. The molecule has 1 aliphatic rings. The first-order valence-electron chi connectivity index (χ1n) is 22.0. The minimum Gasteiger partial charge on any atom is -0.214 e. The van der Waals surface area contributed by atoms with Crippen molar-refractivity contribution in [1.82, 2.24) is 0 Å². The largest absolute Gasteiger partial charge is 0.214 e. The number of hydrogen-bond donors (Lipinski definition) is 0. The van der Waals surface area contributed by atoms with E-state index in [4.69, 9.17) is 0 Å². The maximum absolute atomic E-state index is 3.88. The van der Waals surface area contributed by atoms with Gasteiger partial charge in [0, 0.05) is 0 Å². The predicted molar refractivity (Wildman–Crippen MR) is 264 cm³/mol. The van der Waals surface area contributed by atoms with Gasteiger partial charge < -0.3 is 24.8 Å². The molecule has 64 heavy (non-hydrogen) atoms. The summed E-state index contributed by atoms with van der Waals surface area (Å²) in [6.07, 6.45) is 3.09. The Morgan fingerprint density at radius 2 is 0.969 bits per heavy atom. The van der Waals surface area contributed by atoms with Crippen LogP contribution in [0.25, 0.3) is 54.9 Å². The van der Waals surface area contributed by atoms with Gasteiger partial charge in [-0.3, -0.25) is 0 Å². The van der Waals surface area contributed by atoms with Gasteiger partial charge in [-0.1, -0.05) is 131 Å². The molecule has 0 amide bonds. The van der Waals surface area contributed by atoms with Crippen molar-refractivity contribution in [2.24, 2.45) is 0 Å². The van der Waals surface area contributed by atoms with E-state index < -0.39 is 0 Å². The van der Waals surface area contributed by atoms with Crippen molar-refractivity contribution in [2.45, 2.75) is 71.6 Å². The number of rotatable bonds is 6. The molecule has 0 atom stereocenters. The van der Waals surface area contributed by atoms with Crippen LogP contribution in [0, 0.1) is 6.07 Å². The van der Waals surface area contributed by atoms with Crippen molar-refractivity contribution < 1.29 is 49.0 Å². The summed E-state index contributed by atoms with van der Waals surface area (Å²) < 4.78 is 1.59. The van der Waals surface area contributed by atoms with Crippen LogP contribution in [0.3, 0.4) is 0 Å². The Morgan fingerprint density at radius 3 is 1.47 bits per heavy atom. The van der Waals surface area contributed by atoms with E-state index in [0.29, 0.717) is 0 Å². The molecule has 0 fully saturated rings. The Hall–Kier alpha value is -5.04. The number of hydrogen-bond acceptors (Lipinski definition) is 0. The van der Waals surface area contributed by atoms with Crippen molar-refractivity contribution in [3.63, 3.8) is 0 Å². The molecule has 9 aromatic rings. The molecule has 0 aliphatic heterocycles. The van der Waals surface area contributed by atoms with Crippen LogP contribution in [-0.4, -0.2) is 3.21 Å². The van der Waals surface area contributed by atoms with E-state index in [9.17, 15) is 0 Å². The molecular weight excluding hydrogens is 895 g/mol. The summed E-state index contributed by atoms with van der Waals surface area (Å²) in [7, 11) is 0. The second-order valence-corrected chi connectivity index (χ2v) is 20.3. The quantitative estimate of drug-likeness (QED) is 0.146. The standard InChI is InChI=1S/C33H33.C23H18.C5H5.2ClH.Zr/c1-32(2,3)30-20-26-24(18-28(30)22-13-9-7-10-14-22)17-25-19-29(23-15-11-8-12-16-23)31(21-27(25)26)33(4,5)6;1-3-16-22-18(8-1)10-5-12-20(22)14-7-15-21-13-6-11-19-9-2-4-17-23(19)21;1-2-4-5-3-1;;;/h7-16,18,20-21H,17H2,1-6H3;1-6,8-13,16-17H,14-15H2;1-5H;2*1H;/q-1;;-1;;;+2/p-2. The molecule has 0 heterocycles. The predicted octanol–water partition coefficient (Wildman–Crippen LogP) is 9.90. The van der Waals surface area contributed by atoms with Crippen molar-refractivity contribution in [1.29, 1.82) is 0 Å². The van der Waals surface area contributed by atoms with E-state index in [1.807, 2.05) is 30.3 Å². The van der Waals surface area contributed by atoms with Gasteiger partial charge in [0.15, 0.2) is 0 Å². The van der Waals surface area contributed by atoms with Gasteiger partial charge in [0.1, 0.15) is 0 Å². The fraction of sp³-hybridized carbons (Fsp3) is 0.180. The monoisotopic (exact) mass is 948 g/mol. The molecule has 10 rings (SSSR count). The summed E-state index contributed by atoms with van der Waals surface area (Å²) in [6.45, 7) is 13.9. The van der Waals surface area contributed by atoms with Crippen LogP contribution in [0.4, 0.5) is 0 Å². The molecule has 0 saturated carbocycles. The van der Waals surface area contributed by atoms with Gasteiger partial charge in [-0.05, 0) is 39.5 Å². The molecule has 0 unspecified atom stereocenters. The maximum Gasteiger partial charge on any atom is -0.172 e. The number of benzene rings is 8. The number of halogens is 2. The normalized spacial score (nSPS) is 11.5. The average molecular weight is 951 g/mol. The molecule has 1 aliphatic carbocycles. The van der Waals surface area contributed by atoms with E-state index in [0.717, 1.165) is 19.3 Å². The molecule has 0 radical (unpaired) electrons. The second-order valence-electron chi connectivity index (χ2n) is 18.6. The zero-order chi connectivity index (χ0) is 43.3. The van der Waals surface area contributed by atoms with Crippen LogP contribution in [-0.2, 0) is 54.3 Å². The molecule has 0 nitrogen and oxygen atoms in total. The van der Waals surface area contributed by atoms with Gasteiger partial charge in [-0.25, -0.2) is 12.1 Å². The van der Waals surface area contributed by atoms with Gasteiger partial charge in [-0.15, -0.1) is 28.8 Å². The summed E-state index contributed by atoms with van der Waals surface area (Å²) in [6, 6.07) is 73.5. The number of fused-ring (bicyclic) bond motifs is 5. The first-order valence-corrected chi connectivity index (χ1v) is 23.2. The third-order valence-electron chi connectivity index (χ3n) is 11.9. The molecule has 0 bridgehead atoms. The van der Waals surface area contributed by atoms with Crippen molar-refractivity contribution in [3.8, 4) is 33.4 Å². The fourth-order valence-corrected chi connectivity index (χ4v) is 9.77. The second kappa shape index (κ2) is 21.3. The van der Waals surface area contributed by atoms with Crippen LogP contribution < -0.4 is 24.8 Å². The molecule has 3 heteroatoms. The zero-order valence-electron chi connectivity index (χ0n) is 37.9. The topological polar surface area (TPSA) is 0 Å². The fourth-order valence-electron chi connectivity index (χ4n) is 8.84. The van der Waals surface area contributed by atoms with E-state index in [1.165, 1.54) is 113 Å². The van der Waals surface area contributed by atoms with Crippen molar-refractivity contribution >= 4 is 24.8 Å². The van der Waals surface area contributed by atoms with Crippen LogP contribution in [0.1, 0.15) is 74.9 Å². The summed E-state index contributed by atoms with van der Waals surface area (Å²) in [5, 5.41) is 5.45. The maximum atomic E-state index is 3.88. The Labute approximate surface area is 409 Å². The molecule has 9 aromatic carbocycles. The van der Waals surface area contributed by atoms with Gasteiger partial charge in [-0.2, -0.15) is 18.2 Å². The SMILES string of the molecule is CC(C)(C)c1cc2c([c-]c1-c1ccccc1)Cc1cc(-c3ccccc3)c(C(C)(C)C)cc1-2.[Cl-].[Cl-].[Zr+2]=[C](Cc1cccc2ccccc12)Cc1cccc2ccccc12.c1cc[cH-]c1.